The first kappa shape index (κ1) is 20.0. The molecule has 0 saturated heterocycles. The highest BCUT2D eigenvalue weighted by Gasteiger charge is 2.15. The molecule has 7 nitrogen and oxygen atoms in total. The van der Waals surface area contributed by atoms with Crippen molar-refractivity contribution in [3.05, 3.63) is 98.9 Å². The van der Waals surface area contributed by atoms with Crippen LogP contribution < -0.4 is 5.43 Å². The Kier molecular flexibility index (Phi) is 6.19. The lowest BCUT2D eigenvalue weighted by molar-refractivity contribution is -0.385. The van der Waals surface area contributed by atoms with Crippen molar-refractivity contribution in [3.63, 3.8) is 0 Å². The van der Waals surface area contributed by atoms with Crippen LogP contribution in [0.1, 0.15) is 28.1 Å². The van der Waals surface area contributed by atoms with Gasteiger partial charge in [0.1, 0.15) is 0 Å². The molecule has 7 heteroatoms. The van der Waals surface area contributed by atoms with Gasteiger partial charge in [0, 0.05) is 35.1 Å². The van der Waals surface area contributed by atoms with Crippen LogP contribution in [0.5, 0.6) is 0 Å². The van der Waals surface area contributed by atoms with Crippen LogP contribution in [0.2, 0.25) is 0 Å². The maximum atomic E-state index is 12.1. The van der Waals surface area contributed by atoms with Crippen LogP contribution >= 0.6 is 0 Å². The molecular weight excluding hydrogens is 368 g/mol. The number of nitrogens with zero attached hydrogens (tertiary/aromatic N) is 3. The molecule has 29 heavy (non-hydrogen) atoms. The third kappa shape index (κ3) is 4.95. The number of carbonyl (C=O) groups is 1. The molecule has 3 rings (SSSR count). The van der Waals surface area contributed by atoms with Gasteiger partial charge in [-0.25, -0.2) is 5.43 Å². The normalized spacial score (nSPS) is 11.0. The first-order valence-electron chi connectivity index (χ1n) is 9.20. The Balaban J connectivity index is 1.66. The molecule has 0 aliphatic rings. The Morgan fingerprint density at radius 1 is 1.14 bits per heavy atom. The predicted molar refractivity (Wildman–Crippen MR) is 112 cm³/mol. The number of aromatic nitrogens is 1. The number of hydrazone groups is 1. The van der Waals surface area contributed by atoms with Crippen LogP contribution in [0.15, 0.2) is 65.8 Å². The molecule has 1 heterocycles. The van der Waals surface area contributed by atoms with E-state index in [1.54, 1.807) is 24.4 Å². The molecular formula is C22H22N4O3. The number of hydrogen-bond donors (Lipinski definition) is 1. The van der Waals surface area contributed by atoms with E-state index in [2.05, 4.69) is 27.2 Å². The molecule has 0 atom stereocenters. The quantitative estimate of drug-likeness (QED) is 0.378. The van der Waals surface area contributed by atoms with Crippen molar-refractivity contribution < 1.29 is 9.72 Å². The topological polar surface area (TPSA) is 89.5 Å². The Bertz CT molecular complexity index is 1060. The van der Waals surface area contributed by atoms with Gasteiger partial charge in [-0.1, -0.05) is 48.5 Å². The van der Waals surface area contributed by atoms with E-state index in [1.807, 2.05) is 38.1 Å². The first-order valence-corrected chi connectivity index (χ1v) is 9.20. The molecule has 0 saturated carbocycles. The number of nitro groups is 1. The number of nitro benzene ring substituents is 1. The second-order valence-electron chi connectivity index (χ2n) is 6.75. The van der Waals surface area contributed by atoms with Crippen molar-refractivity contribution in [1.29, 1.82) is 0 Å². The number of rotatable bonds is 7. The summed E-state index contributed by atoms with van der Waals surface area (Å²) in [5.74, 6) is -0.409. The van der Waals surface area contributed by atoms with E-state index >= 15 is 0 Å². The maximum Gasteiger partial charge on any atom is 0.273 e. The van der Waals surface area contributed by atoms with Gasteiger partial charge in [0.2, 0.25) is 5.91 Å². The average molecular weight is 390 g/mol. The second kappa shape index (κ2) is 8.97. The van der Waals surface area contributed by atoms with E-state index in [1.165, 1.54) is 11.6 Å². The summed E-state index contributed by atoms with van der Waals surface area (Å²) in [6, 6.07) is 18.4. The van der Waals surface area contributed by atoms with Gasteiger partial charge in [-0.2, -0.15) is 5.10 Å². The summed E-state index contributed by atoms with van der Waals surface area (Å²) in [6.45, 7) is 4.79. The zero-order valence-electron chi connectivity index (χ0n) is 16.3. The Morgan fingerprint density at radius 3 is 2.55 bits per heavy atom. The third-order valence-electron chi connectivity index (χ3n) is 4.73. The summed E-state index contributed by atoms with van der Waals surface area (Å²) in [4.78, 5) is 22.7. The first-order chi connectivity index (χ1) is 14.0. The van der Waals surface area contributed by atoms with E-state index in [0.29, 0.717) is 5.56 Å². The number of hydrogen-bond acceptors (Lipinski definition) is 4. The minimum atomic E-state index is -0.493. The smallest absolute Gasteiger partial charge is 0.273 e. The van der Waals surface area contributed by atoms with E-state index < -0.39 is 10.8 Å². The molecule has 0 fully saturated rings. The predicted octanol–water partition coefficient (Wildman–Crippen LogP) is 3.75. The van der Waals surface area contributed by atoms with Crippen molar-refractivity contribution in [3.8, 4) is 0 Å². The highest BCUT2D eigenvalue weighted by Crippen LogP contribution is 2.18. The molecule has 0 aliphatic heterocycles. The summed E-state index contributed by atoms with van der Waals surface area (Å²) >= 11 is 0. The van der Waals surface area contributed by atoms with Gasteiger partial charge in [0.15, 0.2) is 0 Å². The number of carbonyl (C=O) groups excluding carboxylic acids is 1. The largest absolute Gasteiger partial charge is 0.344 e. The van der Waals surface area contributed by atoms with Crippen LogP contribution in [0.25, 0.3) is 0 Å². The van der Waals surface area contributed by atoms with E-state index in [-0.39, 0.29) is 12.1 Å². The summed E-state index contributed by atoms with van der Waals surface area (Å²) in [6.07, 6.45) is 1.49. The fourth-order valence-corrected chi connectivity index (χ4v) is 3.19. The molecule has 1 N–H and O–H groups in total. The number of amides is 1. The summed E-state index contributed by atoms with van der Waals surface area (Å²) < 4.78 is 2.19. The maximum absolute atomic E-state index is 12.1. The standard InChI is InChI=1S/C22H22N4O3/c1-16-12-20(17(2)25(16)15-18-8-4-3-5-9-18)14-23-24-22(27)13-19-10-6-7-11-21(19)26(28)29/h3-12,14H,13,15H2,1-2H3,(H,24,27)/b23-14+. The lowest BCUT2D eigenvalue weighted by Crippen LogP contribution is -2.20. The lowest BCUT2D eigenvalue weighted by atomic mass is 10.1. The van der Waals surface area contributed by atoms with Crippen molar-refractivity contribution in [1.82, 2.24) is 9.99 Å². The number of aryl methyl sites for hydroxylation is 1. The Hall–Kier alpha value is -3.74. The summed E-state index contributed by atoms with van der Waals surface area (Å²) in [5.41, 5.74) is 6.98. The fourth-order valence-electron chi connectivity index (χ4n) is 3.19. The molecule has 0 radical (unpaired) electrons. The number of nitrogens with one attached hydrogen (secondary N) is 1. The van der Waals surface area contributed by atoms with Crippen molar-refractivity contribution in [2.24, 2.45) is 5.10 Å². The van der Waals surface area contributed by atoms with Gasteiger partial charge in [0.05, 0.1) is 17.6 Å². The Labute approximate surface area is 168 Å². The van der Waals surface area contributed by atoms with Gasteiger partial charge in [-0.15, -0.1) is 0 Å². The number of benzene rings is 2. The molecule has 2 aromatic carbocycles. The summed E-state index contributed by atoms with van der Waals surface area (Å²) in [5, 5.41) is 15.1. The molecule has 0 unspecified atom stereocenters. The van der Waals surface area contributed by atoms with E-state index in [0.717, 1.165) is 23.5 Å². The van der Waals surface area contributed by atoms with Crippen LogP contribution in [0, 0.1) is 24.0 Å². The van der Waals surface area contributed by atoms with Gasteiger partial charge in [0.25, 0.3) is 5.69 Å². The highest BCUT2D eigenvalue weighted by atomic mass is 16.6. The van der Waals surface area contributed by atoms with Gasteiger partial charge in [-0.3, -0.25) is 14.9 Å². The molecule has 3 aromatic rings. The molecule has 148 valence electrons. The fraction of sp³-hybridized carbons (Fsp3) is 0.182. The van der Waals surface area contributed by atoms with Crippen molar-refractivity contribution in [2.75, 3.05) is 0 Å². The van der Waals surface area contributed by atoms with Crippen molar-refractivity contribution in [2.45, 2.75) is 26.8 Å². The van der Waals surface area contributed by atoms with E-state index in [9.17, 15) is 14.9 Å². The molecule has 0 aliphatic carbocycles. The van der Waals surface area contributed by atoms with Crippen molar-refractivity contribution >= 4 is 17.8 Å². The molecule has 1 amide bonds. The lowest BCUT2D eigenvalue weighted by Gasteiger charge is -2.09. The SMILES string of the molecule is Cc1cc(/C=N/NC(=O)Cc2ccccc2[N+](=O)[O-])c(C)n1Cc1ccccc1. The zero-order valence-corrected chi connectivity index (χ0v) is 16.3. The van der Waals surface area contributed by atoms with Crippen LogP contribution in [-0.2, 0) is 17.8 Å². The molecule has 0 bridgehead atoms. The highest BCUT2D eigenvalue weighted by molar-refractivity contribution is 5.84. The van der Waals surface area contributed by atoms with Gasteiger partial charge >= 0.3 is 0 Å². The molecule has 1 aromatic heterocycles. The van der Waals surface area contributed by atoms with Crippen LogP contribution in [0.3, 0.4) is 0 Å². The average Bonchev–Trinajstić information content (AvgIpc) is 2.96. The van der Waals surface area contributed by atoms with Crippen LogP contribution in [0.4, 0.5) is 5.69 Å². The summed E-state index contributed by atoms with van der Waals surface area (Å²) in [7, 11) is 0. The number of para-hydroxylation sites is 1. The minimum Gasteiger partial charge on any atom is -0.344 e. The van der Waals surface area contributed by atoms with Crippen LogP contribution in [-0.4, -0.2) is 21.6 Å². The molecule has 0 spiro atoms. The van der Waals surface area contributed by atoms with E-state index in [4.69, 9.17) is 0 Å². The zero-order chi connectivity index (χ0) is 20.8. The third-order valence-corrected chi connectivity index (χ3v) is 4.73. The monoisotopic (exact) mass is 390 g/mol. The minimum absolute atomic E-state index is 0.0731. The second-order valence-corrected chi connectivity index (χ2v) is 6.75. The van der Waals surface area contributed by atoms with Gasteiger partial charge in [-0.05, 0) is 25.5 Å². The van der Waals surface area contributed by atoms with Gasteiger partial charge < -0.3 is 4.57 Å². The Morgan fingerprint density at radius 2 is 1.83 bits per heavy atom.